The first-order valence-electron chi connectivity index (χ1n) is 10.1. The van der Waals surface area contributed by atoms with E-state index < -0.39 is 54.3 Å². The van der Waals surface area contributed by atoms with Crippen LogP contribution in [-0.4, -0.2) is 74.2 Å². The van der Waals surface area contributed by atoms with Crippen LogP contribution in [0.3, 0.4) is 0 Å². The van der Waals surface area contributed by atoms with E-state index in [1.165, 1.54) is 45.5 Å². The van der Waals surface area contributed by atoms with E-state index in [2.05, 4.69) is 15.0 Å². The fourth-order valence-electron chi connectivity index (χ4n) is 3.63. The van der Waals surface area contributed by atoms with Crippen LogP contribution in [0, 0.1) is 0 Å². The summed E-state index contributed by atoms with van der Waals surface area (Å²) in [6.07, 6.45) is -1.94. The van der Waals surface area contributed by atoms with Gasteiger partial charge < -0.3 is 18.9 Å². The maximum Gasteiger partial charge on any atom is 0.303 e. The highest BCUT2D eigenvalue weighted by Crippen LogP contribution is 2.36. The van der Waals surface area contributed by atoms with Gasteiger partial charge in [-0.25, -0.2) is 19.9 Å². The lowest BCUT2D eigenvalue weighted by Crippen LogP contribution is -2.40. The SMILES string of the molecule is CC(=O)OC[C@H]1O[C@@H](n2cnc3c(N(C(C)=O)C(C)=O)ncnc32)[C@H](OC(C)=O)[C@@H]1OC(C)=O. The Balaban J connectivity index is 2.09. The summed E-state index contributed by atoms with van der Waals surface area (Å²) in [5, 5.41) is 0. The zero-order valence-electron chi connectivity index (χ0n) is 19.1. The normalized spacial score (nSPS) is 21.7. The van der Waals surface area contributed by atoms with E-state index in [0.717, 1.165) is 11.2 Å². The number of imidazole rings is 1. The maximum absolute atomic E-state index is 12.0. The van der Waals surface area contributed by atoms with E-state index in [4.69, 9.17) is 18.9 Å². The molecule has 0 N–H and O–H groups in total. The number of esters is 3. The Morgan fingerprint density at radius 2 is 1.53 bits per heavy atom. The van der Waals surface area contributed by atoms with E-state index in [-0.39, 0.29) is 23.6 Å². The summed E-state index contributed by atoms with van der Waals surface area (Å²) in [7, 11) is 0. The van der Waals surface area contributed by atoms with Gasteiger partial charge in [-0.3, -0.25) is 28.5 Å². The van der Waals surface area contributed by atoms with E-state index in [9.17, 15) is 24.0 Å². The second kappa shape index (κ2) is 9.91. The number of hydrogen-bond acceptors (Lipinski definition) is 12. The van der Waals surface area contributed by atoms with Gasteiger partial charge >= 0.3 is 17.9 Å². The standard InChI is InChI=1S/C20H23N5O9/c1-9(26)25(10(2)27)19-15-18(21-7-22-19)24(8-23-15)20-17(33-13(5)30)16(32-12(4)29)14(34-20)6-31-11(3)28/h7-8,14,16-17,20H,6H2,1-5H3/t14-,16-,17-,20-/m1/s1. The van der Waals surface area contributed by atoms with Crippen molar-refractivity contribution in [3.05, 3.63) is 12.7 Å². The monoisotopic (exact) mass is 477 g/mol. The Labute approximate surface area is 193 Å². The van der Waals surface area contributed by atoms with Crippen LogP contribution in [0.1, 0.15) is 40.8 Å². The molecule has 0 aliphatic carbocycles. The van der Waals surface area contributed by atoms with Crippen molar-refractivity contribution in [2.75, 3.05) is 11.5 Å². The summed E-state index contributed by atoms with van der Waals surface area (Å²) < 4.78 is 23.1. The van der Waals surface area contributed by atoms with Crippen molar-refractivity contribution in [3.8, 4) is 0 Å². The minimum atomic E-state index is -1.16. The molecule has 3 heterocycles. The van der Waals surface area contributed by atoms with Gasteiger partial charge in [-0.15, -0.1) is 0 Å². The quantitative estimate of drug-likeness (QED) is 0.405. The lowest BCUT2D eigenvalue weighted by atomic mass is 10.1. The van der Waals surface area contributed by atoms with Gasteiger partial charge in [0.25, 0.3) is 0 Å². The highest BCUT2D eigenvalue weighted by atomic mass is 16.7. The van der Waals surface area contributed by atoms with Crippen LogP contribution in [0.2, 0.25) is 0 Å². The molecule has 4 atom stereocenters. The average Bonchev–Trinajstić information content (AvgIpc) is 3.28. The third kappa shape index (κ3) is 5.01. The van der Waals surface area contributed by atoms with Gasteiger partial charge in [0, 0.05) is 34.6 Å². The largest absolute Gasteiger partial charge is 0.463 e. The number of imide groups is 1. The molecular formula is C20H23N5O9. The first-order valence-corrected chi connectivity index (χ1v) is 10.1. The molecule has 0 saturated carbocycles. The molecule has 0 unspecified atom stereocenters. The zero-order chi connectivity index (χ0) is 25.2. The molecule has 2 amide bonds. The molecule has 0 radical (unpaired) electrons. The van der Waals surface area contributed by atoms with Crippen molar-refractivity contribution in [1.29, 1.82) is 0 Å². The molecule has 182 valence electrons. The lowest BCUT2D eigenvalue weighted by Gasteiger charge is -2.23. The number of carbonyl (C=O) groups excluding carboxylic acids is 5. The second-order valence-corrected chi connectivity index (χ2v) is 7.41. The molecule has 0 spiro atoms. The van der Waals surface area contributed by atoms with Crippen LogP contribution >= 0.6 is 0 Å². The summed E-state index contributed by atoms with van der Waals surface area (Å²) in [5.41, 5.74) is 0.250. The van der Waals surface area contributed by atoms with Crippen molar-refractivity contribution < 1.29 is 42.9 Å². The lowest BCUT2D eigenvalue weighted by molar-refractivity contribution is -0.166. The van der Waals surface area contributed by atoms with Gasteiger partial charge in [-0.05, 0) is 0 Å². The number of hydrogen-bond donors (Lipinski definition) is 0. The molecular weight excluding hydrogens is 454 g/mol. The topological polar surface area (TPSA) is 169 Å². The van der Waals surface area contributed by atoms with Gasteiger partial charge in [0.15, 0.2) is 35.4 Å². The van der Waals surface area contributed by atoms with Crippen LogP contribution in [0.5, 0.6) is 0 Å². The van der Waals surface area contributed by atoms with E-state index in [1.54, 1.807) is 0 Å². The van der Waals surface area contributed by atoms with Gasteiger partial charge in [0.2, 0.25) is 11.8 Å². The molecule has 1 aliphatic heterocycles. The molecule has 2 aromatic heterocycles. The molecule has 14 heteroatoms. The number of carbonyl (C=O) groups is 5. The summed E-state index contributed by atoms with van der Waals surface area (Å²) in [6.45, 7) is 5.67. The van der Waals surface area contributed by atoms with Gasteiger partial charge in [0.05, 0.1) is 6.33 Å². The van der Waals surface area contributed by atoms with Gasteiger partial charge in [0.1, 0.15) is 19.0 Å². The number of anilines is 1. The van der Waals surface area contributed by atoms with Crippen molar-refractivity contribution in [2.24, 2.45) is 0 Å². The predicted molar refractivity (Wildman–Crippen MR) is 111 cm³/mol. The third-order valence-corrected chi connectivity index (χ3v) is 4.80. The summed E-state index contributed by atoms with van der Waals surface area (Å²) in [6, 6.07) is 0. The highest BCUT2D eigenvalue weighted by Gasteiger charge is 2.51. The molecule has 1 saturated heterocycles. The second-order valence-electron chi connectivity index (χ2n) is 7.41. The van der Waals surface area contributed by atoms with Crippen molar-refractivity contribution in [3.63, 3.8) is 0 Å². The summed E-state index contributed by atoms with van der Waals surface area (Å²) in [4.78, 5) is 72.2. The minimum Gasteiger partial charge on any atom is -0.463 e. The third-order valence-electron chi connectivity index (χ3n) is 4.80. The molecule has 1 aliphatic rings. The van der Waals surface area contributed by atoms with Crippen LogP contribution in [-0.2, 0) is 42.9 Å². The van der Waals surface area contributed by atoms with Crippen LogP contribution in [0.4, 0.5) is 5.82 Å². The molecule has 0 bridgehead atoms. The smallest absolute Gasteiger partial charge is 0.303 e. The first kappa shape index (κ1) is 24.7. The molecule has 34 heavy (non-hydrogen) atoms. The molecule has 3 rings (SSSR count). The van der Waals surface area contributed by atoms with E-state index in [0.29, 0.717) is 0 Å². The Kier molecular flexibility index (Phi) is 7.20. The van der Waals surface area contributed by atoms with E-state index >= 15 is 0 Å². The fraction of sp³-hybridized carbons (Fsp3) is 0.500. The van der Waals surface area contributed by atoms with Crippen molar-refractivity contribution in [1.82, 2.24) is 19.5 Å². The average molecular weight is 477 g/mol. The number of aromatic nitrogens is 4. The maximum atomic E-state index is 12.0. The first-order chi connectivity index (χ1) is 16.0. The fourth-order valence-corrected chi connectivity index (χ4v) is 3.63. The Morgan fingerprint density at radius 1 is 0.912 bits per heavy atom. The zero-order valence-corrected chi connectivity index (χ0v) is 19.1. The number of fused-ring (bicyclic) bond motifs is 1. The number of nitrogens with zero attached hydrogens (tertiary/aromatic N) is 5. The minimum absolute atomic E-state index is 0.0428. The molecule has 14 nitrogen and oxygen atoms in total. The van der Waals surface area contributed by atoms with Gasteiger partial charge in [-0.2, -0.15) is 0 Å². The molecule has 0 aromatic carbocycles. The Morgan fingerprint density at radius 3 is 2.09 bits per heavy atom. The van der Waals surface area contributed by atoms with Crippen molar-refractivity contribution in [2.45, 2.75) is 59.2 Å². The van der Waals surface area contributed by atoms with E-state index in [1.807, 2.05) is 0 Å². The Bertz CT molecular complexity index is 1130. The highest BCUT2D eigenvalue weighted by molar-refractivity contribution is 6.15. The number of amides is 2. The van der Waals surface area contributed by atoms with Gasteiger partial charge in [-0.1, -0.05) is 0 Å². The predicted octanol–water partition coefficient (Wildman–Crippen LogP) is 0.0496. The molecule has 2 aromatic rings. The van der Waals surface area contributed by atoms with Crippen LogP contribution in [0.15, 0.2) is 12.7 Å². The number of ether oxygens (including phenoxy) is 4. The summed E-state index contributed by atoms with van der Waals surface area (Å²) in [5.74, 6) is -3.13. The van der Waals surface area contributed by atoms with Crippen molar-refractivity contribution >= 4 is 46.7 Å². The molecule has 1 fully saturated rings. The van der Waals surface area contributed by atoms with Crippen LogP contribution < -0.4 is 4.90 Å². The van der Waals surface area contributed by atoms with Crippen LogP contribution in [0.25, 0.3) is 11.2 Å². The number of rotatable bonds is 6. The Hall–Kier alpha value is -3.94. The summed E-state index contributed by atoms with van der Waals surface area (Å²) >= 11 is 0.